The molecule has 0 aliphatic carbocycles. The molecular weight excluding hydrogens is 422 g/mol. The monoisotopic (exact) mass is 446 g/mol. The van der Waals surface area contributed by atoms with E-state index in [4.69, 9.17) is 0 Å². The third-order valence-corrected chi connectivity index (χ3v) is 6.89. The Morgan fingerprint density at radius 1 is 1.00 bits per heavy atom. The predicted molar refractivity (Wildman–Crippen MR) is 114 cm³/mol. The lowest BCUT2D eigenvalue weighted by molar-refractivity contribution is 0.581. The number of nitrogens with one attached hydrogen (secondary N) is 1. The Morgan fingerprint density at radius 3 is 2.45 bits per heavy atom. The van der Waals surface area contributed by atoms with Gasteiger partial charge in [0.05, 0.1) is 16.1 Å². The number of anilines is 1. The lowest BCUT2D eigenvalue weighted by Crippen LogP contribution is -2.14. The maximum atomic E-state index is 14.6. The summed E-state index contributed by atoms with van der Waals surface area (Å²) in [5.74, 6) is -0.541. The fourth-order valence-corrected chi connectivity index (χ4v) is 4.78. The number of aromatic nitrogens is 3. The molecule has 1 aliphatic rings. The fourth-order valence-electron chi connectivity index (χ4n) is 3.72. The van der Waals surface area contributed by atoms with Crippen molar-refractivity contribution in [1.82, 2.24) is 14.8 Å². The van der Waals surface area contributed by atoms with Gasteiger partial charge in [-0.2, -0.15) is 0 Å². The average Bonchev–Trinajstić information content (AvgIpc) is 2.97. The molecule has 0 amide bonds. The first-order valence-electron chi connectivity index (χ1n) is 10.3. The summed E-state index contributed by atoms with van der Waals surface area (Å²) in [5.41, 5.74) is 0.659. The predicted octanol–water partition coefficient (Wildman–Crippen LogP) is 4.87. The van der Waals surface area contributed by atoms with Crippen LogP contribution in [0.25, 0.3) is 11.4 Å². The Labute approximate surface area is 180 Å². The molecule has 1 N–H and O–H groups in total. The number of nitrogens with zero attached hydrogens (tertiary/aromatic N) is 3. The summed E-state index contributed by atoms with van der Waals surface area (Å²) in [6.07, 6.45) is 3.66. The molecule has 3 aromatic rings. The smallest absolute Gasteiger partial charge is 0.261 e. The van der Waals surface area contributed by atoms with Gasteiger partial charge in [-0.3, -0.25) is 4.72 Å². The molecule has 0 saturated carbocycles. The Kier molecular flexibility index (Phi) is 5.79. The van der Waals surface area contributed by atoms with Crippen molar-refractivity contribution in [3.05, 3.63) is 59.4 Å². The second-order valence-corrected chi connectivity index (χ2v) is 9.73. The fraction of sp³-hybridized carbons (Fsp3) is 0.364. The van der Waals surface area contributed by atoms with Crippen molar-refractivity contribution in [3.8, 4) is 11.4 Å². The van der Waals surface area contributed by atoms with Gasteiger partial charge >= 0.3 is 0 Å². The summed E-state index contributed by atoms with van der Waals surface area (Å²) in [6, 6.07) is 8.20. The van der Waals surface area contributed by atoms with Crippen LogP contribution in [0.15, 0.2) is 41.3 Å². The Bertz CT molecular complexity index is 1200. The molecule has 0 saturated heterocycles. The zero-order valence-electron chi connectivity index (χ0n) is 17.4. The first kappa shape index (κ1) is 21.4. The third-order valence-electron chi connectivity index (χ3n) is 5.51. The van der Waals surface area contributed by atoms with E-state index in [0.29, 0.717) is 12.6 Å². The summed E-state index contributed by atoms with van der Waals surface area (Å²) in [4.78, 5) is -0.00137. The van der Waals surface area contributed by atoms with Crippen LogP contribution >= 0.6 is 0 Å². The van der Waals surface area contributed by atoms with Gasteiger partial charge in [0.15, 0.2) is 5.82 Å². The first-order valence-corrected chi connectivity index (χ1v) is 11.8. The molecule has 4 rings (SSSR count). The minimum Gasteiger partial charge on any atom is -0.311 e. The van der Waals surface area contributed by atoms with Crippen LogP contribution in [0.1, 0.15) is 50.4 Å². The van der Waals surface area contributed by atoms with E-state index in [1.165, 1.54) is 12.1 Å². The van der Waals surface area contributed by atoms with E-state index < -0.39 is 21.7 Å². The van der Waals surface area contributed by atoms with Crippen molar-refractivity contribution in [1.29, 1.82) is 0 Å². The van der Waals surface area contributed by atoms with E-state index in [0.717, 1.165) is 43.1 Å². The van der Waals surface area contributed by atoms with Gasteiger partial charge in [-0.15, -0.1) is 10.2 Å². The summed E-state index contributed by atoms with van der Waals surface area (Å²) < 4.78 is 58.8. The van der Waals surface area contributed by atoms with Crippen molar-refractivity contribution in [3.63, 3.8) is 0 Å². The van der Waals surface area contributed by atoms with Crippen molar-refractivity contribution in [2.45, 2.75) is 56.9 Å². The number of fused-ring (bicyclic) bond motifs is 1. The Morgan fingerprint density at radius 2 is 1.74 bits per heavy atom. The van der Waals surface area contributed by atoms with E-state index in [-0.39, 0.29) is 27.9 Å². The molecule has 1 aromatic heterocycles. The lowest BCUT2D eigenvalue weighted by Gasteiger charge is -2.13. The number of benzene rings is 2. The molecule has 9 heteroatoms. The number of rotatable bonds is 5. The van der Waals surface area contributed by atoms with Crippen molar-refractivity contribution < 1.29 is 17.2 Å². The van der Waals surface area contributed by atoms with Gasteiger partial charge in [-0.1, -0.05) is 32.4 Å². The summed E-state index contributed by atoms with van der Waals surface area (Å²) in [5, 5.41) is 8.24. The van der Waals surface area contributed by atoms with Crippen LogP contribution in [-0.4, -0.2) is 23.2 Å². The second-order valence-electron chi connectivity index (χ2n) is 8.04. The molecule has 0 fully saturated rings. The quantitative estimate of drug-likeness (QED) is 0.606. The minimum absolute atomic E-state index is 0.00137. The van der Waals surface area contributed by atoms with Gasteiger partial charge in [-0.25, -0.2) is 17.2 Å². The standard InChI is InChI=1S/C22H24F2N4O2S/c1-14(2)15-7-9-16(10-8-15)31(29,30)27-20-12-17(18(23)13-19(20)24)22-26-25-21-6-4-3-5-11-28(21)22/h7-10,12-14,27H,3-6,11H2,1-2H3. The summed E-state index contributed by atoms with van der Waals surface area (Å²) in [6.45, 7) is 4.64. The number of halogens is 2. The molecule has 0 atom stereocenters. The van der Waals surface area contributed by atoms with E-state index >= 15 is 0 Å². The van der Waals surface area contributed by atoms with E-state index in [1.807, 2.05) is 18.4 Å². The van der Waals surface area contributed by atoms with Crippen LogP contribution in [0.5, 0.6) is 0 Å². The number of hydrogen-bond donors (Lipinski definition) is 1. The van der Waals surface area contributed by atoms with Gasteiger partial charge in [0.1, 0.15) is 17.5 Å². The SMILES string of the molecule is CC(C)c1ccc(S(=O)(=O)Nc2cc(-c3nnc4n3CCCCC4)c(F)cc2F)cc1. The van der Waals surface area contributed by atoms with Gasteiger partial charge in [0, 0.05) is 19.0 Å². The van der Waals surface area contributed by atoms with E-state index in [2.05, 4.69) is 14.9 Å². The van der Waals surface area contributed by atoms with E-state index in [1.54, 1.807) is 12.1 Å². The highest BCUT2D eigenvalue weighted by Crippen LogP contribution is 2.30. The van der Waals surface area contributed by atoms with Crippen LogP contribution in [0.4, 0.5) is 14.5 Å². The Balaban J connectivity index is 1.69. The molecule has 2 heterocycles. The van der Waals surface area contributed by atoms with Crippen molar-refractivity contribution >= 4 is 15.7 Å². The lowest BCUT2D eigenvalue weighted by atomic mass is 10.0. The van der Waals surface area contributed by atoms with Crippen LogP contribution in [0, 0.1) is 11.6 Å². The topological polar surface area (TPSA) is 76.9 Å². The molecule has 164 valence electrons. The molecule has 0 radical (unpaired) electrons. The van der Waals surface area contributed by atoms with Crippen molar-refractivity contribution in [2.24, 2.45) is 0 Å². The highest BCUT2D eigenvalue weighted by atomic mass is 32.2. The molecule has 0 unspecified atom stereocenters. The molecule has 6 nitrogen and oxygen atoms in total. The normalized spacial score (nSPS) is 14.4. The van der Waals surface area contributed by atoms with Gasteiger partial charge < -0.3 is 4.57 Å². The van der Waals surface area contributed by atoms with Crippen LogP contribution in [-0.2, 0) is 23.0 Å². The van der Waals surface area contributed by atoms with Gasteiger partial charge in [-0.05, 0) is 42.5 Å². The van der Waals surface area contributed by atoms with Gasteiger partial charge in [0.25, 0.3) is 10.0 Å². The number of hydrogen-bond acceptors (Lipinski definition) is 4. The molecular formula is C22H24F2N4O2S. The zero-order valence-corrected chi connectivity index (χ0v) is 18.2. The summed E-state index contributed by atoms with van der Waals surface area (Å²) >= 11 is 0. The maximum Gasteiger partial charge on any atom is 0.261 e. The zero-order chi connectivity index (χ0) is 22.2. The highest BCUT2D eigenvalue weighted by Gasteiger charge is 2.23. The largest absolute Gasteiger partial charge is 0.311 e. The van der Waals surface area contributed by atoms with Crippen LogP contribution < -0.4 is 4.72 Å². The van der Waals surface area contributed by atoms with Crippen LogP contribution in [0.3, 0.4) is 0 Å². The molecule has 31 heavy (non-hydrogen) atoms. The average molecular weight is 447 g/mol. The summed E-state index contributed by atoms with van der Waals surface area (Å²) in [7, 11) is -4.06. The maximum absolute atomic E-state index is 14.6. The Hall–Kier alpha value is -2.81. The highest BCUT2D eigenvalue weighted by molar-refractivity contribution is 7.92. The minimum atomic E-state index is -4.06. The molecule has 1 aliphatic heterocycles. The van der Waals surface area contributed by atoms with Gasteiger partial charge in [0.2, 0.25) is 0 Å². The first-order chi connectivity index (χ1) is 14.8. The molecule has 2 aromatic carbocycles. The second kappa shape index (κ2) is 8.37. The molecule has 0 bridgehead atoms. The third kappa shape index (κ3) is 4.32. The molecule has 0 spiro atoms. The number of sulfonamides is 1. The van der Waals surface area contributed by atoms with Crippen LogP contribution in [0.2, 0.25) is 0 Å². The van der Waals surface area contributed by atoms with Crippen molar-refractivity contribution in [2.75, 3.05) is 4.72 Å². The van der Waals surface area contributed by atoms with E-state index in [9.17, 15) is 17.2 Å². The number of aryl methyl sites for hydroxylation is 1.